The second-order valence-corrected chi connectivity index (χ2v) is 8.11. The molecule has 5 nitrogen and oxygen atoms in total. The fraction of sp³-hybridized carbons (Fsp3) is 0.789. The van der Waals surface area contributed by atoms with Crippen LogP contribution in [0.2, 0.25) is 0 Å². The van der Waals surface area contributed by atoms with Crippen molar-refractivity contribution < 1.29 is 0 Å². The first-order valence-electron chi connectivity index (χ1n) is 9.39. The summed E-state index contributed by atoms with van der Waals surface area (Å²) in [6, 6.07) is 0. The molecule has 142 valence electrons. The maximum absolute atomic E-state index is 4.62. The number of aryl methyl sites for hydroxylation is 1. The Balaban J connectivity index is 0.00000225. The van der Waals surface area contributed by atoms with Gasteiger partial charge in [0.2, 0.25) is 0 Å². The van der Waals surface area contributed by atoms with E-state index in [1.54, 1.807) is 0 Å². The van der Waals surface area contributed by atoms with E-state index in [1.807, 2.05) is 18.8 Å². The van der Waals surface area contributed by atoms with Gasteiger partial charge in [0.25, 0.3) is 0 Å². The summed E-state index contributed by atoms with van der Waals surface area (Å²) < 4.78 is 1.92. The molecule has 1 N–H and O–H groups in total. The highest BCUT2D eigenvalue weighted by molar-refractivity contribution is 14.0. The van der Waals surface area contributed by atoms with Crippen LogP contribution in [0.4, 0.5) is 0 Å². The van der Waals surface area contributed by atoms with E-state index >= 15 is 0 Å². The predicted molar refractivity (Wildman–Crippen MR) is 115 cm³/mol. The Labute approximate surface area is 169 Å². The average Bonchev–Trinajstić information content (AvgIpc) is 3.25. The SMILES string of the molecule is CN=C(NCC1(C2CC2)CCC1)N(C)Cc1cn(C)nc1C(C)C.I. The zero-order chi connectivity index (χ0) is 17.3. The van der Waals surface area contributed by atoms with Crippen molar-refractivity contribution in [3.63, 3.8) is 0 Å². The van der Waals surface area contributed by atoms with Gasteiger partial charge in [0.15, 0.2) is 5.96 Å². The second-order valence-electron chi connectivity index (χ2n) is 8.11. The lowest BCUT2D eigenvalue weighted by molar-refractivity contribution is 0.105. The maximum atomic E-state index is 4.62. The van der Waals surface area contributed by atoms with E-state index in [4.69, 9.17) is 0 Å². The molecule has 25 heavy (non-hydrogen) atoms. The summed E-state index contributed by atoms with van der Waals surface area (Å²) in [7, 11) is 6.01. The van der Waals surface area contributed by atoms with Crippen LogP contribution in [0.1, 0.15) is 63.1 Å². The van der Waals surface area contributed by atoms with E-state index in [0.29, 0.717) is 11.3 Å². The highest BCUT2D eigenvalue weighted by atomic mass is 127. The Morgan fingerprint density at radius 1 is 1.44 bits per heavy atom. The van der Waals surface area contributed by atoms with Gasteiger partial charge in [-0.1, -0.05) is 20.3 Å². The summed E-state index contributed by atoms with van der Waals surface area (Å²) >= 11 is 0. The van der Waals surface area contributed by atoms with E-state index < -0.39 is 0 Å². The van der Waals surface area contributed by atoms with Crippen LogP contribution in [0, 0.1) is 11.3 Å². The van der Waals surface area contributed by atoms with E-state index in [1.165, 1.54) is 43.4 Å². The van der Waals surface area contributed by atoms with Crippen LogP contribution in [0.5, 0.6) is 0 Å². The van der Waals surface area contributed by atoms with Gasteiger partial charge in [0.05, 0.1) is 5.69 Å². The molecule has 1 aromatic rings. The highest BCUT2D eigenvalue weighted by Gasteiger charge is 2.48. The Hall–Kier alpha value is -0.790. The quantitative estimate of drug-likeness (QED) is 0.401. The average molecular weight is 459 g/mol. The molecule has 1 aromatic heterocycles. The van der Waals surface area contributed by atoms with Crippen LogP contribution in [0.15, 0.2) is 11.2 Å². The van der Waals surface area contributed by atoms with Gasteiger partial charge >= 0.3 is 0 Å². The van der Waals surface area contributed by atoms with Crippen molar-refractivity contribution in [2.24, 2.45) is 23.4 Å². The van der Waals surface area contributed by atoms with Gasteiger partial charge in [0.1, 0.15) is 0 Å². The third kappa shape index (κ3) is 4.49. The number of nitrogens with zero attached hydrogens (tertiary/aromatic N) is 4. The van der Waals surface area contributed by atoms with Gasteiger partial charge in [0, 0.05) is 46.0 Å². The summed E-state index contributed by atoms with van der Waals surface area (Å²) in [5.41, 5.74) is 3.04. The van der Waals surface area contributed by atoms with Crippen LogP contribution < -0.4 is 5.32 Å². The third-order valence-corrected chi connectivity index (χ3v) is 5.86. The smallest absolute Gasteiger partial charge is 0.193 e. The molecule has 6 heteroatoms. The van der Waals surface area contributed by atoms with Gasteiger partial charge in [-0.3, -0.25) is 9.67 Å². The molecule has 0 aliphatic heterocycles. The minimum Gasteiger partial charge on any atom is -0.356 e. The molecular weight excluding hydrogens is 425 g/mol. The van der Waals surface area contributed by atoms with Gasteiger partial charge in [-0.15, -0.1) is 24.0 Å². The van der Waals surface area contributed by atoms with Crippen molar-refractivity contribution in [2.45, 2.75) is 58.4 Å². The first-order chi connectivity index (χ1) is 11.4. The van der Waals surface area contributed by atoms with Crippen molar-refractivity contribution in [1.29, 1.82) is 0 Å². The lowest BCUT2D eigenvalue weighted by atomic mass is 9.65. The first kappa shape index (κ1) is 20.5. The predicted octanol–water partition coefficient (Wildman–Crippen LogP) is 3.75. The highest BCUT2D eigenvalue weighted by Crippen LogP contribution is 2.56. The lowest BCUT2D eigenvalue weighted by Gasteiger charge is -2.43. The molecule has 0 unspecified atom stereocenters. The van der Waals surface area contributed by atoms with Crippen molar-refractivity contribution >= 4 is 29.9 Å². The van der Waals surface area contributed by atoms with E-state index in [2.05, 4.69) is 47.4 Å². The topological polar surface area (TPSA) is 45.5 Å². The Bertz CT molecular complexity index is 599. The molecule has 0 atom stereocenters. The Morgan fingerprint density at radius 3 is 2.60 bits per heavy atom. The fourth-order valence-electron chi connectivity index (χ4n) is 4.19. The molecule has 1 heterocycles. The molecule has 2 aliphatic rings. The summed E-state index contributed by atoms with van der Waals surface area (Å²) in [6.07, 6.45) is 9.20. The molecule has 3 rings (SSSR count). The third-order valence-electron chi connectivity index (χ3n) is 5.86. The van der Waals surface area contributed by atoms with Crippen LogP contribution in [-0.2, 0) is 13.6 Å². The number of halogens is 1. The zero-order valence-corrected chi connectivity index (χ0v) is 18.7. The normalized spacial score (nSPS) is 19.4. The van der Waals surface area contributed by atoms with Gasteiger partial charge in [-0.2, -0.15) is 5.10 Å². The standard InChI is InChI=1S/C19H33N5.HI/c1-14(2)17-15(12-24(5)22-17)11-23(4)18(20-3)21-13-19(9-6-10-19)16-7-8-16;/h12,14,16H,6-11,13H2,1-5H3,(H,20,21);1H. The molecular formula is C19H34IN5. The largest absolute Gasteiger partial charge is 0.356 e. The van der Waals surface area contributed by atoms with E-state index in [9.17, 15) is 0 Å². The summed E-state index contributed by atoms with van der Waals surface area (Å²) in [4.78, 5) is 6.74. The number of aromatic nitrogens is 2. The first-order valence-corrected chi connectivity index (χ1v) is 9.39. The Morgan fingerprint density at radius 2 is 2.12 bits per heavy atom. The van der Waals surface area contributed by atoms with Crippen molar-refractivity contribution in [2.75, 3.05) is 20.6 Å². The van der Waals surface area contributed by atoms with E-state index in [0.717, 1.165) is 25.0 Å². The molecule has 2 saturated carbocycles. The van der Waals surface area contributed by atoms with Crippen molar-refractivity contribution in [3.8, 4) is 0 Å². The van der Waals surface area contributed by atoms with E-state index in [-0.39, 0.29) is 24.0 Å². The molecule has 0 spiro atoms. The molecule has 2 fully saturated rings. The number of hydrogen-bond donors (Lipinski definition) is 1. The van der Waals surface area contributed by atoms with Crippen LogP contribution in [0.25, 0.3) is 0 Å². The minimum absolute atomic E-state index is 0. The van der Waals surface area contributed by atoms with Crippen LogP contribution >= 0.6 is 24.0 Å². The van der Waals surface area contributed by atoms with Crippen LogP contribution in [0.3, 0.4) is 0 Å². The number of aliphatic imine (C=N–C) groups is 1. The zero-order valence-electron chi connectivity index (χ0n) is 16.4. The molecule has 0 saturated heterocycles. The minimum atomic E-state index is 0. The van der Waals surface area contributed by atoms with Gasteiger partial charge in [-0.05, 0) is 42.9 Å². The van der Waals surface area contributed by atoms with Gasteiger partial charge < -0.3 is 10.2 Å². The summed E-state index contributed by atoms with van der Waals surface area (Å²) in [5, 5.41) is 8.27. The molecule has 0 radical (unpaired) electrons. The number of nitrogens with one attached hydrogen (secondary N) is 1. The lowest BCUT2D eigenvalue weighted by Crippen LogP contribution is -2.47. The second kappa shape index (κ2) is 8.27. The maximum Gasteiger partial charge on any atom is 0.193 e. The van der Waals surface area contributed by atoms with Crippen molar-refractivity contribution in [3.05, 3.63) is 17.5 Å². The van der Waals surface area contributed by atoms with Crippen molar-refractivity contribution in [1.82, 2.24) is 20.0 Å². The monoisotopic (exact) mass is 459 g/mol. The fourth-order valence-corrected chi connectivity index (χ4v) is 4.19. The molecule has 0 aromatic carbocycles. The molecule has 0 bridgehead atoms. The van der Waals surface area contributed by atoms with Crippen LogP contribution in [-0.4, -0.2) is 41.3 Å². The number of hydrogen-bond acceptors (Lipinski definition) is 2. The molecule has 2 aliphatic carbocycles. The number of rotatable bonds is 6. The molecule has 0 amide bonds. The Kier molecular flexibility index (Phi) is 6.79. The number of guanidine groups is 1. The van der Waals surface area contributed by atoms with Gasteiger partial charge in [-0.25, -0.2) is 0 Å². The summed E-state index contributed by atoms with van der Waals surface area (Å²) in [6.45, 7) is 6.33. The summed E-state index contributed by atoms with van der Waals surface area (Å²) in [5.74, 6) is 2.41.